The molecule has 0 aliphatic carbocycles. The van der Waals surface area contributed by atoms with E-state index in [4.69, 9.17) is 9.47 Å². The average molecular weight is 297 g/mol. The van der Waals surface area contributed by atoms with E-state index in [-0.39, 0.29) is 0 Å². The Hall–Kier alpha value is -2.20. The molecule has 2 heterocycles. The minimum absolute atomic E-state index is 0.624. The first kappa shape index (κ1) is 12.5. The zero-order valence-corrected chi connectivity index (χ0v) is 12.3. The Bertz CT molecular complexity index is 781. The first-order valence-corrected chi connectivity index (χ1v) is 7.86. The Balaban J connectivity index is 1.50. The minimum atomic E-state index is 0.624. The van der Waals surface area contributed by atoms with Crippen LogP contribution >= 0.6 is 11.3 Å². The lowest BCUT2D eigenvalue weighted by molar-refractivity contribution is 0.171. The van der Waals surface area contributed by atoms with Crippen molar-refractivity contribution < 1.29 is 9.47 Å². The van der Waals surface area contributed by atoms with Crippen molar-refractivity contribution in [3.05, 3.63) is 53.4 Å². The molecule has 4 heteroatoms. The van der Waals surface area contributed by atoms with Crippen LogP contribution in [-0.4, -0.2) is 13.2 Å². The van der Waals surface area contributed by atoms with Crippen molar-refractivity contribution in [2.45, 2.75) is 6.54 Å². The van der Waals surface area contributed by atoms with Crippen molar-refractivity contribution >= 4 is 27.1 Å². The van der Waals surface area contributed by atoms with Gasteiger partial charge in [-0.2, -0.15) is 0 Å². The summed E-state index contributed by atoms with van der Waals surface area (Å²) in [5.74, 6) is 1.68. The van der Waals surface area contributed by atoms with Gasteiger partial charge in [-0.1, -0.05) is 6.07 Å². The fourth-order valence-electron chi connectivity index (χ4n) is 2.48. The Morgan fingerprint density at radius 1 is 0.952 bits per heavy atom. The number of anilines is 1. The van der Waals surface area contributed by atoms with E-state index in [9.17, 15) is 0 Å². The zero-order chi connectivity index (χ0) is 14.1. The molecule has 106 valence electrons. The molecule has 4 rings (SSSR count). The van der Waals surface area contributed by atoms with Crippen LogP contribution in [0.25, 0.3) is 10.1 Å². The van der Waals surface area contributed by atoms with E-state index in [1.54, 1.807) is 11.3 Å². The van der Waals surface area contributed by atoms with Gasteiger partial charge in [0, 0.05) is 16.9 Å². The van der Waals surface area contributed by atoms with Gasteiger partial charge in [0.25, 0.3) is 0 Å². The number of hydrogen-bond donors (Lipinski definition) is 1. The molecular formula is C17H15NO2S. The molecule has 3 nitrogen and oxygen atoms in total. The van der Waals surface area contributed by atoms with E-state index >= 15 is 0 Å². The Kier molecular flexibility index (Phi) is 3.16. The summed E-state index contributed by atoms with van der Waals surface area (Å²) in [7, 11) is 0. The summed E-state index contributed by atoms with van der Waals surface area (Å²) in [6.45, 7) is 2.02. The van der Waals surface area contributed by atoms with Crippen LogP contribution in [0.15, 0.2) is 47.8 Å². The highest BCUT2D eigenvalue weighted by Gasteiger charge is 2.11. The lowest BCUT2D eigenvalue weighted by Gasteiger charge is -2.19. The second-order valence-electron chi connectivity index (χ2n) is 5.00. The zero-order valence-electron chi connectivity index (χ0n) is 11.5. The lowest BCUT2D eigenvalue weighted by atomic mass is 10.2. The molecule has 0 fully saturated rings. The van der Waals surface area contributed by atoms with Crippen molar-refractivity contribution in [1.29, 1.82) is 0 Å². The van der Waals surface area contributed by atoms with Gasteiger partial charge in [-0.3, -0.25) is 0 Å². The van der Waals surface area contributed by atoms with Gasteiger partial charge in [-0.25, -0.2) is 0 Å². The van der Waals surface area contributed by atoms with Crippen LogP contribution in [0.2, 0.25) is 0 Å². The van der Waals surface area contributed by atoms with Crippen LogP contribution in [0.4, 0.5) is 5.69 Å². The fourth-order valence-corrected chi connectivity index (χ4v) is 3.25. The first-order valence-electron chi connectivity index (χ1n) is 6.98. The van der Waals surface area contributed by atoms with Crippen LogP contribution in [0, 0.1) is 0 Å². The summed E-state index contributed by atoms with van der Waals surface area (Å²) in [6, 6.07) is 14.7. The van der Waals surface area contributed by atoms with E-state index in [1.165, 1.54) is 15.6 Å². The fraction of sp³-hybridized carbons (Fsp3) is 0.176. The highest BCUT2D eigenvalue weighted by molar-refractivity contribution is 7.17. The van der Waals surface area contributed by atoms with Crippen LogP contribution < -0.4 is 14.8 Å². The summed E-state index contributed by atoms with van der Waals surface area (Å²) < 4.78 is 12.5. The van der Waals surface area contributed by atoms with E-state index in [2.05, 4.69) is 41.0 Å². The van der Waals surface area contributed by atoms with Crippen molar-refractivity contribution in [2.75, 3.05) is 18.5 Å². The van der Waals surface area contributed by atoms with Gasteiger partial charge in [0.2, 0.25) is 0 Å². The molecule has 0 bridgehead atoms. The monoisotopic (exact) mass is 297 g/mol. The van der Waals surface area contributed by atoms with E-state index < -0.39 is 0 Å². The molecule has 0 saturated heterocycles. The standard InChI is InChI=1S/C17H15NO2S/c1-3-15-16(20-7-6-19-15)9-12(1)11-18-14-2-4-17-13(10-14)5-8-21-17/h1-5,8-10,18H,6-7,11H2. The molecule has 0 atom stereocenters. The second-order valence-corrected chi connectivity index (χ2v) is 5.95. The normalized spacial score (nSPS) is 13.3. The number of hydrogen-bond acceptors (Lipinski definition) is 4. The summed E-state index contributed by atoms with van der Waals surface area (Å²) in [6.07, 6.45) is 0. The molecular weight excluding hydrogens is 282 g/mol. The molecule has 0 amide bonds. The Morgan fingerprint density at radius 2 is 1.86 bits per heavy atom. The molecule has 3 aromatic rings. The number of rotatable bonds is 3. The molecule has 21 heavy (non-hydrogen) atoms. The molecule has 2 aromatic carbocycles. The highest BCUT2D eigenvalue weighted by Crippen LogP contribution is 2.31. The molecule has 0 spiro atoms. The summed E-state index contributed by atoms with van der Waals surface area (Å²) in [4.78, 5) is 0. The topological polar surface area (TPSA) is 30.5 Å². The van der Waals surface area contributed by atoms with E-state index in [0.717, 1.165) is 23.7 Å². The van der Waals surface area contributed by atoms with Gasteiger partial charge in [0.1, 0.15) is 13.2 Å². The van der Waals surface area contributed by atoms with Crippen LogP contribution in [0.1, 0.15) is 5.56 Å². The van der Waals surface area contributed by atoms with Crippen molar-refractivity contribution in [3.63, 3.8) is 0 Å². The maximum atomic E-state index is 5.61. The van der Waals surface area contributed by atoms with Crippen molar-refractivity contribution in [2.24, 2.45) is 0 Å². The lowest BCUT2D eigenvalue weighted by Crippen LogP contribution is -2.15. The minimum Gasteiger partial charge on any atom is -0.486 e. The third kappa shape index (κ3) is 2.54. The third-order valence-electron chi connectivity index (χ3n) is 3.56. The van der Waals surface area contributed by atoms with E-state index in [1.807, 2.05) is 12.1 Å². The number of benzene rings is 2. The molecule has 1 N–H and O–H groups in total. The number of ether oxygens (including phenoxy) is 2. The maximum Gasteiger partial charge on any atom is 0.161 e. The van der Waals surface area contributed by atoms with Gasteiger partial charge in [-0.05, 0) is 52.7 Å². The third-order valence-corrected chi connectivity index (χ3v) is 4.45. The quantitative estimate of drug-likeness (QED) is 0.782. The molecule has 1 aromatic heterocycles. The van der Waals surface area contributed by atoms with Gasteiger partial charge in [0.05, 0.1) is 0 Å². The number of thiophene rings is 1. The second kappa shape index (κ2) is 5.30. The van der Waals surface area contributed by atoms with Crippen LogP contribution in [-0.2, 0) is 6.54 Å². The van der Waals surface area contributed by atoms with Crippen molar-refractivity contribution in [3.8, 4) is 11.5 Å². The molecule has 1 aliphatic heterocycles. The summed E-state index contributed by atoms with van der Waals surface area (Å²) in [5.41, 5.74) is 2.32. The molecule has 0 saturated carbocycles. The predicted molar refractivity (Wildman–Crippen MR) is 86.6 cm³/mol. The average Bonchev–Trinajstić information content (AvgIpc) is 3.00. The SMILES string of the molecule is c1cc2cc(NCc3ccc4c(c3)OCCO4)ccc2s1. The molecule has 1 aliphatic rings. The maximum absolute atomic E-state index is 5.61. The van der Waals surface area contributed by atoms with Gasteiger partial charge in [-0.15, -0.1) is 11.3 Å². The number of nitrogens with one attached hydrogen (secondary N) is 1. The molecule has 0 radical (unpaired) electrons. The first-order chi connectivity index (χ1) is 10.4. The summed E-state index contributed by atoms with van der Waals surface area (Å²) >= 11 is 1.77. The largest absolute Gasteiger partial charge is 0.486 e. The van der Waals surface area contributed by atoms with E-state index in [0.29, 0.717) is 13.2 Å². The smallest absolute Gasteiger partial charge is 0.161 e. The van der Waals surface area contributed by atoms with Crippen LogP contribution in [0.3, 0.4) is 0 Å². The van der Waals surface area contributed by atoms with Gasteiger partial charge >= 0.3 is 0 Å². The number of fused-ring (bicyclic) bond motifs is 2. The molecule has 0 unspecified atom stereocenters. The van der Waals surface area contributed by atoms with Crippen LogP contribution in [0.5, 0.6) is 11.5 Å². The van der Waals surface area contributed by atoms with Gasteiger partial charge in [0.15, 0.2) is 11.5 Å². The Labute approximate surface area is 127 Å². The summed E-state index contributed by atoms with van der Waals surface area (Å²) in [5, 5.41) is 6.86. The predicted octanol–water partition coefficient (Wildman–Crippen LogP) is 4.28. The highest BCUT2D eigenvalue weighted by atomic mass is 32.1. The van der Waals surface area contributed by atoms with Crippen molar-refractivity contribution in [1.82, 2.24) is 0 Å². The van der Waals surface area contributed by atoms with Gasteiger partial charge < -0.3 is 14.8 Å². The Morgan fingerprint density at radius 3 is 2.81 bits per heavy atom.